The van der Waals surface area contributed by atoms with Crippen molar-refractivity contribution in [2.24, 2.45) is 0 Å². The van der Waals surface area contributed by atoms with E-state index in [0.717, 1.165) is 24.9 Å². The maximum absolute atomic E-state index is 13.4. The zero-order chi connectivity index (χ0) is 30.2. The molecule has 1 saturated heterocycles. The molecule has 0 radical (unpaired) electrons. The Morgan fingerprint density at radius 2 is 1.64 bits per heavy atom. The Bertz CT molecular complexity index is 1510. The first-order valence-electron chi connectivity index (χ1n) is 13.3. The lowest BCUT2D eigenvalue weighted by atomic mass is 10.1. The highest BCUT2D eigenvalue weighted by Crippen LogP contribution is 2.36. The minimum Gasteiger partial charge on any atom is -0.493 e. The molecule has 1 N–H and O–H groups in total. The Balaban J connectivity index is 1.58. The monoisotopic (exact) mass is 748 g/mol. The van der Waals surface area contributed by atoms with Gasteiger partial charge in [-0.15, -0.1) is 0 Å². The van der Waals surface area contributed by atoms with Gasteiger partial charge in [0.1, 0.15) is 12.2 Å². The second-order valence-corrected chi connectivity index (χ2v) is 11.3. The Labute approximate surface area is 266 Å². The van der Waals surface area contributed by atoms with Crippen molar-refractivity contribution in [2.75, 3.05) is 20.3 Å². The van der Waals surface area contributed by atoms with Crippen molar-refractivity contribution in [3.05, 3.63) is 84.9 Å². The summed E-state index contributed by atoms with van der Waals surface area (Å²) in [4.78, 5) is 39.8. The lowest BCUT2D eigenvalue weighted by Crippen LogP contribution is -2.53. The second kappa shape index (κ2) is 14.5. The number of carbonyl (C=O) groups excluding carboxylic acids is 3. The number of amides is 4. The van der Waals surface area contributed by atoms with Crippen LogP contribution < -0.4 is 24.3 Å². The maximum atomic E-state index is 13.4. The van der Waals surface area contributed by atoms with Crippen LogP contribution in [-0.4, -0.2) is 43.1 Å². The second-order valence-electron chi connectivity index (χ2n) is 9.22. The Hall–Kier alpha value is -3.58. The van der Waals surface area contributed by atoms with Crippen molar-refractivity contribution >= 4 is 62.4 Å². The number of imide groups is 2. The third-order valence-corrected chi connectivity index (χ3v) is 7.49. The van der Waals surface area contributed by atoms with Crippen LogP contribution in [0.4, 0.5) is 4.79 Å². The number of benzene rings is 3. The first kappa shape index (κ1) is 31.4. The van der Waals surface area contributed by atoms with Crippen LogP contribution in [0.1, 0.15) is 37.0 Å². The van der Waals surface area contributed by atoms with Gasteiger partial charge in [0.15, 0.2) is 23.0 Å². The molecule has 42 heavy (non-hydrogen) atoms. The van der Waals surface area contributed by atoms with E-state index in [1.807, 2.05) is 38.1 Å². The van der Waals surface area contributed by atoms with Gasteiger partial charge in [-0.1, -0.05) is 41.1 Å². The molecule has 0 unspecified atom stereocenters. The van der Waals surface area contributed by atoms with E-state index in [4.69, 9.17) is 18.9 Å². The van der Waals surface area contributed by atoms with Crippen LogP contribution in [0.2, 0.25) is 0 Å². The summed E-state index contributed by atoms with van der Waals surface area (Å²) < 4.78 is 24.8. The van der Waals surface area contributed by atoms with Crippen molar-refractivity contribution in [1.82, 2.24) is 10.2 Å². The SMILES string of the molecule is CCCOc1ccc(CN2C(=O)NC(=O)/C(=C\c3cc(I)c(OCc4ccc(Br)cc4)c(OCC)c3)C2=O)cc1OC. The van der Waals surface area contributed by atoms with E-state index in [2.05, 4.69) is 43.8 Å². The van der Waals surface area contributed by atoms with Gasteiger partial charge in [0.25, 0.3) is 11.8 Å². The molecule has 9 nitrogen and oxygen atoms in total. The number of ether oxygens (including phenoxy) is 4. The molecule has 220 valence electrons. The molecule has 0 saturated carbocycles. The van der Waals surface area contributed by atoms with Gasteiger partial charge >= 0.3 is 6.03 Å². The average Bonchev–Trinajstić information content (AvgIpc) is 2.97. The molecule has 11 heteroatoms. The average molecular weight is 749 g/mol. The predicted molar refractivity (Wildman–Crippen MR) is 170 cm³/mol. The van der Waals surface area contributed by atoms with Crippen molar-refractivity contribution in [2.45, 2.75) is 33.4 Å². The van der Waals surface area contributed by atoms with Crippen LogP contribution in [0.5, 0.6) is 23.0 Å². The van der Waals surface area contributed by atoms with E-state index < -0.39 is 17.8 Å². The Morgan fingerprint density at radius 3 is 2.33 bits per heavy atom. The van der Waals surface area contributed by atoms with E-state index in [1.54, 1.807) is 30.3 Å². The van der Waals surface area contributed by atoms with E-state index in [1.165, 1.54) is 13.2 Å². The van der Waals surface area contributed by atoms with Gasteiger partial charge in [-0.3, -0.25) is 19.8 Å². The zero-order valence-corrected chi connectivity index (χ0v) is 27.1. The van der Waals surface area contributed by atoms with Crippen molar-refractivity contribution in [3.8, 4) is 23.0 Å². The normalized spacial score (nSPS) is 14.2. The number of urea groups is 1. The van der Waals surface area contributed by atoms with Gasteiger partial charge < -0.3 is 18.9 Å². The van der Waals surface area contributed by atoms with E-state index in [0.29, 0.717) is 53.9 Å². The van der Waals surface area contributed by atoms with E-state index in [-0.39, 0.29) is 12.1 Å². The topological polar surface area (TPSA) is 103 Å². The molecule has 0 atom stereocenters. The van der Waals surface area contributed by atoms with Crippen molar-refractivity contribution in [3.63, 3.8) is 0 Å². The zero-order valence-electron chi connectivity index (χ0n) is 23.4. The van der Waals surface area contributed by atoms with Gasteiger partial charge in [-0.25, -0.2) is 4.79 Å². The third kappa shape index (κ3) is 7.62. The lowest BCUT2D eigenvalue weighted by Gasteiger charge is -2.26. The van der Waals surface area contributed by atoms with E-state index in [9.17, 15) is 14.4 Å². The van der Waals surface area contributed by atoms with E-state index >= 15 is 0 Å². The molecule has 1 aliphatic heterocycles. The number of barbiturate groups is 1. The number of methoxy groups -OCH3 is 1. The number of halogens is 2. The van der Waals surface area contributed by atoms with Gasteiger partial charge in [-0.2, -0.15) is 0 Å². The lowest BCUT2D eigenvalue weighted by molar-refractivity contribution is -0.130. The molecule has 0 bridgehead atoms. The molecule has 0 aromatic heterocycles. The van der Waals surface area contributed by atoms with Crippen LogP contribution >= 0.6 is 38.5 Å². The van der Waals surface area contributed by atoms with Gasteiger partial charge in [0, 0.05) is 4.47 Å². The molecule has 1 aliphatic rings. The Morgan fingerprint density at radius 1 is 0.905 bits per heavy atom. The first-order valence-corrected chi connectivity index (χ1v) is 15.1. The summed E-state index contributed by atoms with van der Waals surface area (Å²) in [5, 5.41) is 2.27. The molecule has 4 rings (SSSR count). The van der Waals surface area contributed by atoms with Gasteiger partial charge in [0.05, 0.1) is 30.4 Å². The maximum Gasteiger partial charge on any atom is 0.331 e. The summed E-state index contributed by atoms with van der Waals surface area (Å²) in [6.07, 6.45) is 2.28. The van der Waals surface area contributed by atoms with Crippen LogP contribution in [0.25, 0.3) is 6.08 Å². The summed E-state index contributed by atoms with van der Waals surface area (Å²) in [5.41, 5.74) is 1.99. The summed E-state index contributed by atoms with van der Waals surface area (Å²) in [6.45, 7) is 5.04. The number of hydrogen-bond acceptors (Lipinski definition) is 7. The highest BCUT2D eigenvalue weighted by atomic mass is 127. The van der Waals surface area contributed by atoms with Crippen LogP contribution in [0.15, 0.2) is 64.6 Å². The summed E-state index contributed by atoms with van der Waals surface area (Å²) in [5.74, 6) is 0.597. The summed E-state index contributed by atoms with van der Waals surface area (Å²) in [7, 11) is 1.52. The predicted octanol–water partition coefficient (Wildman–Crippen LogP) is 6.49. The van der Waals surface area contributed by atoms with Crippen molar-refractivity contribution < 1.29 is 33.3 Å². The fourth-order valence-electron chi connectivity index (χ4n) is 4.14. The quantitative estimate of drug-likeness (QED) is 0.128. The molecule has 3 aromatic carbocycles. The van der Waals surface area contributed by atoms with Crippen LogP contribution in [-0.2, 0) is 22.7 Å². The smallest absolute Gasteiger partial charge is 0.331 e. The number of hydrogen-bond donors (Lipinski definition) is 1. The first-order chi connectivity index (χ1) is 20.2. The summed E-state index contributed by atoms with van der Waals surface area (Å²) in [6, 6.07) is 15.7. The standard InChI is InChI=1S/C31H30BrIN2O7/c1-4-12-41-25-11-8-20(15-26(25)39-3)17-35-30(37)23(29(36)34-31(35)38)13-21-14-24(33)28(27(16-21)40-5-2)42-18-19-6-9-22(32)10-7-19/h6-11,13-16H,4-5,12,17-18H2,1-3H3,(H,34,36,38)/b23-13+. The molecule has 1 heterocycles. The largest absolute Gasteiger partial charge is 0.493 e. The Kier molecular flexibility index (Phi) is 10.9. The fraction of sp³-hybridized carbons (Fsp3) is 0.258. The van der Waals surface area contributed by atoms with Crippen LogP contribution in [0, 0.1) is 3.57 Å². The highest BCUT2D eigenvalue weighted by Gasteiger charge is 2.36. The molecule has 4 amide bonds. The third-order valence-electron chi connectivity index (χ3n) is 6.16. The number of nitrogens with zero attached hydrogens (tertiary/aromatic N) is 1. The molecule has 0 spiro atoms. The minimum atomic E-state index is -0.797. The molecule has 3 aromatic rings. The highest BCUT2D eigenvalue weighted by molar-refractivity contribution is 14.1. The number of carbonyl (C=O) groups is 3. The fourth-order valence-corrected chi connectivity index (χ4v) is 5.18. The minimum absolute atomic E-state index is 0.0652. The van der Waals surface area contributed by atoms with Gasteiger partial charge in [0.2, 0.25) is 0 Å². The number of rotatable bonds is 12. The molecule has 1 fully saturated rings. The molecular weight excluding hydrogens is 719 g/mol. The van der Waals surface area contributed by atoms with Gasteiger partial charge in [-0.05, 0) is 95.1 Å². The van der Waals surface area contributed by atoms with Crippen molar-refractivity contribution in [1.29, 1.82) is 0 Å². The summed E-state index contributed by atoms with van der Waals surface area (Å²) >= 11 is 5.56. The van der Waals surface area contributed by atoms with Crippen LogP contribution in [0.3, 0.4) is 0 Å². The number of nitrogens with one attached hydrogen (secondary N) is 1. The molecule has 0 aliphatic carbocycles. The molecular formula is C31H30BrIN2O7.